The minimum absolute atomic E-state index is 0.843. The van der Waals surface area contributed by atoms with Gasteiger partial charge in [0.25, 0.3) is 0 Å². The molecule has 0 aliphatic carbocycles. The standard InChI is InChI=1S/C10H13N3S2/c1-7-3-13-10(14-7)6-11-4-9-5-12-8(2)15-9/h3,5,11H,4,6H2,1-2H3. The number of rotatable bonds is 4. The Balaban J connectivity index is 1.80. The molecule has 2 heterocycles. The lowest BCUT2D eigenvalue weighted by Gasteiger charge is -1.98. The average Bonchev–Trinajstić information content (AvgIpc) is 2.76. The number of aryl methyl sites for hydroxylation is 2. The summed E-state index contributed by atoms with van der Waals surface area (Å²) in [7, 11) is 0. The maximum Gasteiger partial charge on any atom is 0.107 e. The molecular formula is C10H13N3S2. The fourth-order valence-corrected chi connectivity index (χ4v) is 2.78. The van der Waals surface area contributed by atoms with Gasteiger partial charge in [0.05, 0.1) is 5.01 Å². The molecule has 0 radical (unpaired) electrons. The number of thiazole rings is 2. The third kappa shape index (κ3) is 3.09. The van der Waals surface area contributed by atoms with E-state index in [9.17, 15) is 0 Å². The van der Waals surface area contributed by atoms with Gasteiger partial charge in [0.15, 0.2) is 0 Å². The van der Waals surface area contributed by atoms with Crippen LogP contribution in [0, 0.1) is 13.8 Å². The first-order valence-corrected chi connectivity index (χ1v) is 6.40. The van der Waals surface area contributed by atoms with Crippen LogP contribution in [0.1, 0.15) is 19.8 Å². The molecule has 5 heteroatoms. The zero-order valence-corrected chi connectivity index (χ0v) is 10.4. The summed E-state index contributed by atoms with van der Waals surface area (Å²) < 4.78 is 0. The highest BCUT2D eigenvalue weighted by atomic mass is 32.1. The molecule has 0 aromatic carbocycles. The lowest BCUT2D eigenvalue weighted by Crippen LogP contribution is -2.11. The zero-order chi connectivity index (χ0) is 10.7. The van der Waals surface area contributed by atoms with E-state index >= 15 is 0 Å². The molecule has 15 heavy (non-hydrogen) atoms. The maximum atomic E-state index is 4.30. The van der Waals surface area contributed by atoms with Crippen LogP contribution in [0.15, 0.2) is 12.4 Å². The molecule has 3 nitrogen and oxygen atoms in total. The topological polar surface area (TPSA) is 37.8 Å². The van der Waals surface area contributed by atoms with Gasteiger partial charge in [0.2, 0.25) is 0 Å². The Hall–Kier alpha value is -0.780. The van der Waals surface area contributed by atoms with Gasteiger partial charge in [-0.15, -0.1) is 22.7 Å². The molecule has 0 amide bonds. The van der Waals surface area contributed by atoms with Crippen LogP contribution in [-0.2, 0) is 13.1 Å². The minimum Gasteiger partial charge on any atom is -0.305 e. The van der Waals surface area contributed by atoms with E-state index in [1.165, 1.54) is 9.75 Å². The van der Waals surface area contributed by atoms with Crippen LogP contribution in [0.5, 0.6) is 0 Å². The SMILES string of the molecule is Cc1cnc(CNCc2cnc(C)s2)s1. The highest BCUT2D eigenvalue weighted by Crippen LogP contribution is 2.13. The predicted molar refractivity (Wildman–Crippen MR) is 64.2 cm³/mol. The normalized spacial score (nSPS) is 10.8. The van der Waals surface area contributed by atoms with Gasteiger partial charge < -0.3 is 5.32 Å². The molecule has 80 valence electrons. The van der Waals surface area contributed by atoms with Crippen LogP contribution in [0.25, 0.3) is 0 Å². The summed E-state index contributed by atoms with van der Waals surface area (Å²) in [6.45, 7) is 5.83. The first kappa shape index (κ1) is 10.7. The second-order valence-corrected chi connectivity index (χ2v) is 5.95. The lowest BCUT2D eigenvalue weighted by atomic mass is 10.5. The van der Waals surface area contributed by atoms with E-state index in [1.807, 2.05) is 19.3 Å². The minimum atomic E-state index is 0.843. The van der Waals surface area contributed by atoms with Crippen molar-refractivity contribution >= 4 is 22.7 Å². The fourth-order valence-electron chi connectivity index (χ4n) is 1.26. The predicted octanol–water partition coefficient (Wildman–Crippen LogP) is 2.51. The molecule has 2 rings (SSSR count). The number of nitrogens with zero attached hydrogens (tertiary/aromatic N) is 2. The van der Waals surface area contributed by atoms with Gasteiger partial charge in [-0.3, -0.25) is 0 Å². The molecular weight excluding hydrogens is 226 g/mol. The molecule has 2 aromatic rings. The molecule has 0 saturated heterocycles. The van der Waals surface area contributed by atoms with Crippen LogP contribution >= 0.6 is 22.7 Å². The summed E-state index contributed by atoms with van der Waals surface area (Å²) in [5.74, 6) is 0. The van der Waals surface area contributed by atoms with Gasteiger partial charge in [0, 0.05) is 35.2 Å². The highest BCUT2D eigenvalue weighted by Gasteiger charge is 2.00. The van der Waals surface area contributed by atoms with Crippen LogP contribution in [0.2, 0.25) is 0 Å². The zero-order valence-electron chi connectivity index (χ0n) is 8.78. The Morgan fingerprint density at radius 1 is 1.13 bits per heavy atom. The Morgan fingerprint density at radius 2 is 2.00 bits per heavy atom. The quantitative estimate of drug-likeness (QED) is 0.891. The van der Waals surface area contributed by atoms with Gasteiger partial charge >= 0.3 is 0 Å². The summed E-state index contributed by atoms with van der Waals surface area (Å²) in [4.78, 5) is 11.1. The molecule has 0 spiro atoms. The Morgan fingerprint density at radius 3 is 2.60 bits per heavy atom. The lowest BCUT2D eigenvalue weighted by molar-refractivity contribution is 0.696. The van der Waals surface area contributed by atoms with Crippen molar-refractivity contribution in [2.45, 2.75) is 26.9 Å². The first-order chi connectivity index (χ1) is 7.24. The van der Waals surface area contributed by atoms with Crippen LogP contribution in [0.3, 0.4) is 0 Å². The second kappa shape index (κ2) is 4.83. The second-order valence-electron chi connectivity index (χ2n) is 3.31. The number of hydrogen-bond donors (Lipinski definition) is 1. The number of hydrogen-bond acceptors (Lipinski definition) is 5. The van der Waals surface area contributed by atoms with E-state index in [0.717, 1.165) is 23.1 Å². The first-order valence-electron chi connectivity index (χ1n) is 4.77. The van der Waals surface area contributed by atoms with E-state index in [0.29, 0.717) is 0 Å². The summed E-state index contributed by atoms with van der Waals surface area (Å²) in [6.07, 6.45) is 3.85. The molecule has 0 bridgehead atoms. The molecule has 2 aromatic heterocycles. The Bertz CT molecular complexity index is 393. The van der Waals surface area contributed by atoms with E-state index < -0.39 is 0 Å². The molecule has 0 aliphatic rings. The van der Waals surface area contributed by atoms with Gasteiger partial charge in [-0.2, -0.15) is 0 Å². The molecule has 0 fully saturated rings. The van der Waals surface area contributed by atoms with Crippen molar-refractivity contribution in [3.63, 3.8) is 0 Å². The van der Waals surface area contributed by atoms with Gasteiger partial charge in [-0.1, -0.05) is 0 Å². The van der Waals surface area contributed by atoms with Crippen molar-refractivity contribution in [2.75, 3.05) is 0 Å². The summed E-state index contributed by atoms with van der Waals surface area (Å²) in [5, 5.41) is 5.63. The van der Waals surface area contributed by atoms with E-state index in [4.69, 9.17) is 0 Å². The van der Waals surface area contributed by atoms with Crippen LogP contribution in [-0.4, -0.2) is 9.97 Å². The smallest absolute Gasteiger partial charge is 0.107 e. The van der Waals surface area contributed by atoms with Gasteiger partial charge in [-0.25, -0.2) is 9.97 Å². The maximum absolute atomic E-state index is 4.30. The third-order valence-corrected chi connectivity index (χ3v) is 3.74. The Labute approximate surface area is 97.2 Å². The highest BCUT2D eigenvalue weighted by molar-refractivity contribution is 7.11. The van der Waals surface area contributed by atoms with Crippen molar-refractivity contribution in [1.29, 1.82) is 0 Å². The molecule has 1 N–H and O–H groups in total. The third-order valence-electron chi connectivity index (χ3n) is 1.91. The molecule has 0 aliphatic heterocycles. The average molecular weight is 239 g/mol. The van der Waals surface area contributed by atoms with Crippen molar-refractivity contribution in [3.8, 4) is 0 Å². The summed E-state index contributed by atoms with van der Waals surface area (Å²) in [5.41, 5.74) is 0. The number of nitrogens with one attached hydrogen (secondary N) is 1. The van der Waals surface area contributed by atoms with Crippen LogP contribution in [0.4, 0.5) is 0 Å². The van der Waals surface area contributed by atoms with Gasteiger partial charge in [-0.05, 0) is 13.8 Å². The summed E-state index contributed by atoms with van der Waals surface area (Å²) in [6, 6.07) is 0. The van der Waals surface area contributed by atoms with E-state index in [1.54, 1.807) is 22.7 Å². The molecule has 0 unspecified atom stereocenters. The van der Waals surface area contributed by atoms with Crippen molar-refractivity contribution in [1.82, 2.24) is 15.3 Å². The van der Waals surface area contributed by atoms with Crippen molar-refractivity contribution in [3.05, 3.63) is 32.2 Å². The molecule has 0 saturated carbocycles. The van der Waals surface area contributed by atoms with E-state index in [2.05, 4.69) is 22.2 Å². The monoisotopic (exact) mass is 239 g/mol. The van der Waals surface area contributed by atoms with E-state index in [-0.39, 0.29) is 0 Å². The molecule has 0 atom stereocenters. The van der Waals surface area contributed by atoms with Crippen molar-refractivity contribution < 1.29 is 0 Å². The fraction of sp³-hybridized carbons (Fsp3) is 0.400. The van der Waals surface area contributed by atoms with Crippen molar-refractivity contribution in [2.24, 2.45) is 0 Å². The van der Waals surface area contributed by atoms with Crippen LogP contribution < -0.4 is 5.32 Å². The largest absolute Gasteiger partial charge is 0.305 e. The Kier molecular flexibility index (Phi) is 3.45. The number of aromatic nitrogens is 2. The van der Waals surface area contributed by atoms with Gasteiger partial charge in [0.1, 0.15) is 5.01 Å². The summed E-state index contributed by atoms with van der Waals surface area (Å²) >= 11 is 3.48.